The summed E-state index contributed by atoms with van der Waals surface area (Å²) in [4.78, 5) is 0. The molecule has 1 unspecified atom stereocenters. The lowest BCUT2D eigenvalue weighted by Crippen LogP contribution is -2.43. The average molecular weight is 167 g/mol. The van der Waals surface area contributed by atoms with Gasteiger partial charge in [0.25, 0.3) is 0 Å². The fourth-order valence-corrected chi connectivity index (χ4v) is 1.42. The van der Waals surface area contributed by atoms with Gasteiger partial charge in [-0.2, -0.15) is 0 Å². The van der Waals surface area contributed by atoms with Crippen LogP contribution in [0.4, 0.5) is 0 Å². The second kappa shape index (κ2) is 4.52. The molecule has 0 heterocycles. The molecular formula is C11H21N. The van der Waals surface area contributed by atoms with Crippen LogP contribution in [0.25, 0.3) is 0 Å². The summed E-state index contributed by atoms with van der Waals surface area (Å²) in [6.07, 6.45) is 6.54. The molecule has 0 aliphatic heterocycles. The Morgan fingerprint density at radius 2 is 1.83 bits per heavy atom. The van der Waals surface area contributed by atoms with Gasteiger partial charge < -0.3 is 0 Å². The highest BCUT2D eigenvalue weighted by Gasteiger charge is 2.16. The average Bonchev–Trinajstić information content (AvgIpc) is 1.84. The molecule has 0 radical (unpaired) electrons. The van der Waals surface area contributed by atoms with E-state index in [1.807, 2.05) is 13.8 Å². The predicted octanol–water partition coefficient (Wildman–Crippen LogP) is 2.42. The maximum Gasteiger partial charge on any atom is 0.0743 e. The standard InChI is InChI=1S/C11H21N/c1-7-11(5,6)12-10(4)8-9(2)3/h1,9-10,12H,8H2,2-6H3. The predicted molar refractivity (Wildman–Crippen MR) is 55.0 cm³/mol. The van der Waals surface area contributed by atoms with Crippen LogP contribution in [0.1, 0.15) is 41.0 Å². The van der Waals surface area contributed by atoms with E-state index >= 15 is 0 Å². The molecule has 12 heavy (non-hydrogen) atoms. The lowest BCUT2D eigenvalue weighted by atomic mass is 10.0. The van der Waals surface area contributed by atoms with E-state index in [0.717, 1.165) is 5.92 Å². The lowest BCUT2D eigenvalue weighted by molar-refractivity contribution is 0.372. The summed E-state index contributed by atoms with van der Waals surface area (Å²) in [5, 5.41) is 3.40. The van der Waals surface area contributed by atoms with E-state index in [0.29, 0.717) is 6.04 Å². The first-order valence-electron chi connectivity index (χ1n) is 4.63. The molecule has 1 atom stereocenters. The molecule has 0 aromatic carbocycles. The van der Waals surface area contributed by atoms with Crippen molar-refractivity contribution in [2.45, 2.75) is 52.6 Å². The zero-order valence-electron chi connectivity index (χ0n) is 8.94. The van der Waals surface area contributed by atoms with Gasteiger partial charge in [0.2, 0.25) is 0 Å². The summed E-state index contributed by atoms with van der Waals surface area (Å²) in [5.74, 6) is 3.46. The first kappa shape index (κ1) is 11.5. The van der Waals surface area contributed by atoms with Gasteiger partial charge in [0.1, 0.15) is 0 Å². The Hall–Kier alpha value is -0.480. The van der Waals surface area contributed by atoms with Gasteiger partial charge in [0, 0.05) is 6.04 Å². The van der Waals surface area contributed by atoms with Crippen LogP contribution in [0.5, 0.6) is 0 Å². The van der Waals surface area contributed by atoms with Crippen molar-refractivity contribution in [3.05, 3.63) is 0 Å². The normalized spacial score (nSPS) is 14.4. The van der Waals surface area contributed by atoms with Crippen LogP contribution in [0.15, 0.2) is 0 Å². The van der Waals surface area contributed by atoms with E-state index in [2.05, 4.69) is 32.0 Å². The van der Waals surface area contributed by atoms with Crippen LogP contribution in [0.3, 0.4) is 0 Å². The van der Waals surface area contributed by atoms with Gasteiger partial charge in [0.05, 0.1) is 5.54 Å². The summed E-state index contributed by atoms with van der Waals surface area (Å²) < 4.78 is 0. The van der Waals surface area contributed by atoms with Gasteiger partial charge in [-0.1, -0.05) is 19.8 Å². The zero-order valence-corrected chi connectivity index (χ0v) is 8.94. The smallest absolute Gasteiger partial charge is 0.0743 e. The van der Waals surface area contributed by atoms with Gasteiger partial charge in [-0.25, -0.2) is 0 Å². The van der Waals surface area contributed by atoms with E-state index in [1.54, 1.807) is 0 Å². The molecule has 1 N–H and O–H groups in total. The van der Waals surface area contributed by atoms with E-state index in [1.165, 1.54) is 6.42 Å². The third-order valence-electron chi connectivity index (χ3n) is 1.79. The fourth-order valence-electron chi connectivity index (χ4n) is 1.42. The van der Waals surface area contributed by atoms with Crippen molar-refractivity contribution in [1.29, 1.82) is 0 Å². The van der Waals surface area contributed by atoms with Gasteiger partial charge in [-0.05, 0) is 33.1 Å². The van der Waals surface area contributed by atoms with Gasteiger partial charge >= 0.3 is 0 Å². The van der Waals surface area contributed by atoms with Gasteiger partial charge in [-0.3, -0.25) is 5.32 Å². The molecule has 0 amide bonds. The Morgan fingerprint density at radius 3 is 2.17 bits per heavy atom. The van der Waals surface area contributed by atoms with Crippen LogP contribution in [-0.4, -0.2) is 11.6 Å². The minimum absolute atomic E-state index is 0.172. The molecule has 70 valence electrons. The number of hydrogen-bond donors (Lipinski definition) is 1. The van der Waals surface area contributed by atoms with Gasteiger partial charge in [0.15, 0.2) is 0 Å². The van der Waals surface area contributed by atoms with E-state index < -0.39 is 0 Å². The molecule has 0 bridgehead atoms. The van der Waals surface area contributed by atoms with Crippen molar-refractivity contribution in [2.24, 2.45) is 5.92 Å². The van der Waals surface area contributed by atoms with Gasteiger partial charge in [-0.15, -0.1) is 6.42 Å². The highest BCUT2D eigenvalue weighted by Crippen LogP contribution is 2.08. The molecule has 0 spiro atoms. The zero-order chi connectivity index (χ0) is 9.78. The Balaban J connectivity index is 3.86. The molecule has 0 saturated heterocycles. The molecule has 0 saturated carbocycles. The molecule has 0 aromatic heterocycles. The second-order valence-electron chi connectivity index (χ2n) is 4.44. The van der Waals surface area contributed by atoms with Crippen molar-refractivity contribution in [1.82, 2.24) is 5.32 Å². The molecule has 0 fully saturated rings. The Kier molecular flexibility index (Phi) is 4.34. The first-order chi connectivity index (χ1) is 5.37. The number of rotatable bonds is 4. The third-order valence-corrected chi connectivity index (χ3v) is 1.79. The van der Waals surface area contributed by atoms with Crippen LogP contribution >= 0.6 is 0 Å². The Labute approximate surface area is 76.9 Å². The summed E-state index contributed by atoms with van der Waals surface area (Å²) in [7, 11) is 0. The van der Waals surface area contributed by atoms with Crippen LogP contribution < -0.4 is 5.32 Å². The molecular weight excluding hydrogens is 146 g/mol. The summed E-state index contributed by atoms with van der Waals surface area (Å²) >= 11 is 0. The maximum atomic E-state index is 5.37. The van der Waals surface area contributed by atoms with Crippen molar-refractivity contribution < 1.29 is 0 Å². The maximum absolute atomic E-state index is 5.37. The Bertz CT molecular complexity index is 162. The molecule has 0 aliphatic rings. The third kappa shape index (κ3) is 5.21. The molecule has 1 nitrogen and oxygen atoms in total. The second-order valence-corrected chi connectivity index (χ2v) is 4.44. The highest BCUT2D eigenvalue weighted by molar-refractivity contribution is 5.07. The number of nitrogens with one attached hydrogen (secondary N) is 1. The van der Waals surface area contributed by atoms with Crippen molar-refractivity contribution in [3.63, 3.8) is 0 Å². The largest absolute Gasteiger partial charge is 0.299 e. The topological polar surface area (TPSA) is 12.0 Å². The van der Waals surface area contributed by atoms with Crippen molar-refractivity contribution in [3.8, 4) is 12.3 Å². The monoisotopic (exact) mass is 167 g/mol. The van der Waals surface area contributed by atoms with E-state index in [4.69, 9.17) is 6.42 Å². The quantitative estimate of drug-likeness (QED) is 0.634. The van der Waals surface area contributed by atoms with E-state index in [-0.39, 0.29) is 5.54 Å². The molecule has 1 heteroatoms. The molecule has 0 aromatic rings. The molecule has 0 aliphatic carbocycles. The van der Waals surface area contributed by atoms with Crippen molar-refractivity contribution in [2.75, 3.05) is 0 Å². The van der Waals surface area contributed by atoms with Crippen LogP contribution in [0, 0.1) is 18.3 Å². The first-order valence-corrected chi connectivity index (χ1v) is 4.63. The minimum Gasteiger partial charge on any atom is -0.299 e. The minimum atomic E-state index is -0.172. The summed E-state index contributed by atoms with van der Waals surface area (Å²) in [6.45, 7) is 10.7. The number of terminal acetylenes is 1. The van der Waals surface area contributed by atoms with Crippen LogP contribution in [0.2, 0.25) is 0 Å². The fraction of sp³-hybridized carbons (Fsp3) is 0.818. The molecule has 0 rings (SSSR count). The van der Waals surface area contributed by atoms with E-state index in [9.17, 15) is 0 Å². The summed E-state index contributed by atoms with van der Waals surface area (Å²) in [5.41, 5.74) is -0.172. The Morgan fingerprint density at radius 1 is 1.33 bits per heavy atom. The lowest BCUT2D eigenvalue weighted by Gasteiger charge is -2.26. The van der Waals surface area contributed by atoms with Crippen molar-refractivity contribution >= 4 is 0 Å². The highest BCUT2D eigenvalue weighted by atomic mass is 15.0. The van der Waals surface area contributed by atoms with Crippen LogP contribution in [-0.2, 0) is 0 Å². The summed E-state index contributed by atoms with van der Waals surface area (Å²) in [6, 6.07) is 0.496. The number of hydrogen-bond acceptors (Lipinski definition) is 1. The SMILES string of the molecule is C#CC(C)(C)NC(C)CC(C)C.